The number of hydrogen-bond acceptors (Lipinski definition) is 3. The van der Waals surface area contributed by atoms with Crippen LogP contribution in [0.4, 0.5) is 0 Å². The standard InChI is InChI=1S/C18H32N2O3/c1-12(2)16(22)18(3,4)11-19-17(23)13-9-15(21)20(10-13)14-7-5-6-8-14/h12-14,16,22H,5-11H2,1-4H3,(H,19,23). The monoisotopic (exact) mass is 324 g/mol. The summed E-state index contributed by atoms with van der Waals surface area (Å²) in [5, 5.41) is 13.2. The average Bonchev–Trinajstić information content (AvgIpc) is 3.12. The SMILES string of the molecule is CC(C)C(O)C(C)(C)CNC(=O)C1CC(=O)N(C2CCCC2)C1. The number of likely N-dealkylation sites (tertiary alicyclic amines) is 1. The van der Waals surface area contributed by atoms with Crippen LogP contribution >= 0.6 is 0 Å². The first-order valence-corrected chi connectivity index (χ1v) is 8.97. The van der Waals surface area contributed by atoms with Crippen LogP contribution in [0, 0.1) is 17.3 Å². The van der Waals surface area contributed by atoms with E-state index in [9.17, 15) is 14.7 Å². The smallest absolute Gasteiger partial charge is 0.225 e. The summed E-state index contributed by atoms with van der Waals surface area (Å²) in [7, 11) is 0. The van der Waals surface area contributed by atoms with Crippen molar-refractivity contribution >= 4 is 11.8 Å². The quantitative estimate of drug-likeness (QED) is 0.784. The van der Waals surface area contributed by atoms with Gasteiger partial charge in [-0.05, 0) is 18.8 Å². The summed E-state index contributed by atoms with van der Waals surface area (Å²) in [6.07, 6.45) is 4.39. The van der Waals surface area contributed by atoms with E-state index in [1.54, 1.807) is 0 Å². The fraction of sp³-hybridized carbons (Fsp3) is 0.889. The molecule has 0 aromatic rings. The molecule has 0 spiro atoms. The van der Waals surface area contributed by atoms with Crippen molar-refractivity contribution in [3.05, 3.63) is 0 Å². The first kappa shape index (κ1) is 18.2. The first-order chi connectivity index (χ1) is 10.7. The Morgan fingerprint density at radius 1 is 1.35 bits per heavy atom. The third-order valence-corrected chi connectivity index (χ3v) is 5.45. The van der Waals surface area contributed by atoms with Crippen LogP contribution in [-0.4, -0.2) is 47.1 Å². The van der Waals surface area contributed by atoms with E-state index in [-0.39, 0.29) is 29.1 Å². The summed E-state index contributed by atoms with van der Waals surface area (Å²) in [6, 6.07) is 0.347. The zero-order chi connectivity index (χ0) is 17.2. The molecule has 2 amide bonds. The molecule has 2 atom stereocenters. The molecule has 0 radical (unpaired) electrons. The minimum absolute atomic E-state index is 0.0529. The van der Waals surface area contributed by atoms with E-state index >= 15 is 0 Å². The summed E-state index contributed by atoms with van der Waals surface area (Å²) < 4.78 is 0. The Bertz CT molecular complexity index is 442. The van der Waals surface area contributed by atoms with Crippen LogP contribution in [0.15, 0.2) is 0 Å². The van der Waals surface area contributed by atoms with E-state index in [2.05, 4.69) is 5.32 Å². The fourth-order valence-electron chi connectivity index (χ4n) is 3.94. The predicted octanol–water partition coefficient (Wildman–Crippen LogP) is 1.94. The molecule has 2 N–H and O–H groups in total. The molecule has 2 unspecified atom stereocenters. The highest BCUT2D eigenvalue weighted by Crippen LogP contribution is 2.30. The summed E-state index contributed by atoms with van der Waals surface area (Å²) in [4.78, 5) is 26.5. The minimum atomic E-state index is -0.469. The fourth-order valence-corrected chi connectivity index (χ4v) is 3.94. The maximum Gasteiger partial charge on any atom is 0.225 e. The molecule has 2 rings (SSSR count). The van der Waals surface area contributed by atoms with Gasteiger partial charge >= 0.3 is 0 Å². The van der Waals surface area contributed by atoms with Gasteiger partial charge in [-0.3, -0.25) is 9.59 Å². The molecule has 1 heterocycles. The molecule has 0 aromatic carbocycles. The van der Waals surface area contributed by atoms with Gasteiger partial charge in [0.25, 0.3) is 0 Å². The predicted molar refractivity (Wildman–Crippen MR) is 89.7 cm³/mol. The number of carbonyl (C=O) groups is 2. The van der Waals surface area contributed by atoms with Gasteiger partial charge in [-0.2, -0.15) is 0 Å². The third-order valence-electron chi connectivity index (χ3n) is 5.45. The largest absolute Gasteiger partial charge is 0.392 e. The van der Waals surface area contributed by atoms with Gasteiger partial charge in [-0.1, -0.05) is 40.5 Å². The summed E-state index contributed by atoms with van der Waals surface area (Å²) in [5.74, 6) is -0.0238. The number of aliphatic hydroxyl groups is 1. The molecule has 132 valence electrons. The Morgan fingerprint density at radius 3 is 2.52 bits per heavy atom. The Balaban J connectivity index is 1.85. The molecule has 5 heteroatoms. The Hall–Kier alpha value is -1.10. The molecule has 5 nitrogen and oxygen atoms in total. The molecule has 1 saturated heterocycles. The Kier molecular flexibility index (Phi) is 5.71. The minimum Gasteiger partial charge on any atom is -0.392 e. The van der Waals surface area contributed by atoms with Crippen molar-refractivity contribution < 1.29 is 14.7 Å². The second-order valence-corrected chi connectivity index (χ2v) is 8.28. The van der Waals surface area contributed by atoms with Crippen LogP contribution < -0.4 is 5.32 Å². The number of rotatable bonds is 6. The maximum absolute atomic E-state index is 12.4. The van der Waals surface area contributed by atoms with E-state index in [1.165, 1.54) is 12.8 Å². The lowest BCUT2D eigenvalue weighted by atomic mass is 9.80. The Labute approximate surface area is 139 Å². The van der Waals surface area contributed by atoms with Gasteiger partial charge in [-0.15, -0.1) is 0 Å². The molecule has 1 aliphatic carbocycles. The topological polar surface area (TPSA) is 69.6 Å². The van der Waals surface area contributed by atoms with Gasteiger partial charge in [0.2, 0.25) is 11.8 Å². The Morgan fingerprint density at radius 2 is 1.96 bits per heavy atom. The van der Waals surface area contributed by atoms with Crippen molar-refractivity contribution in [3.8, 4) is 0 Å². The zero-order valence-corrected chi connectivity index (χ0v) is 15.0. The molecule has 0 aromatic heterocycles. The average molecular weight is 324 g/mol. The molecule has 1 aliphatic heterocycles. The molecular formula is C18H32N2O3. The van der Waals surface area contributed by atoms with Gasteiger partial charge in [0.15, 0.2) is 0 Å². The lowest BCUT2D eigenvalue weighted by molar-refractivity contribution is -0.130. The molecular weight excluding hydrogens is 292 g/mol. The normalized spacial score (nSPS) is 24.5. The lowest BCUT2D eigenvalue weighted by Crippen LogP contribution is -2.45. The van der Waals surface area contributed by atoms with Crippen LogP contribution in [0.25, 0.3) is 0 Å². The van der Waals surface area contributed by atoms with Crippen LogP contribution in [0.3, 0.4) is 0 Å². The van der Waals surface area contributed by atoms with E-state index in [0.29, 0.717) is 25.6 Å². The van der Waals surface area contributed by atoms with E-state index in [0.717, 1.165) is 12.8 Å². The van der Waals surface area contributed by atoms with Gasteiger partial charge in [0, 0.05) is 31.0 Å². The lowest BCUT2D eigenvalue weighted by Gasteiger charge is -2.33. The summed E-state index contributed by atoms with van der Waals surface area (Å²) in [5.41, 5.74) is -0.377. The van der Waals surface area contributed by atoms with Crippen LogP contribution in [0.5, 0.6) is 0 Å². The second-order valence-electron chi connectivity index (χ2n) is 8.28. The third kappa shape index (κ3) is 4.25. The zero-order valence-electron chi connectivity index (χ0n) is 15.0. The molecule has 2 aliphatic rings. The van der Waals surface area contributed by atoms with E-state index in [4.69, 9.17) is 0 Å². The van der Waals surface area contributed by atoms with Crippen molar-refractivity contribution in [2.24, 2.45) is 17.3 Å². The van der Waals surface area contributed by atoms with Crippen LogP contribution in [0.2, 0.25) is 0 Å². The van der Waals surface area contributed by atoms with Crippen molar-refractivity contribution in [1.29, 1.82) is 0 Å². The van der Waals surface area contributed by atoms with Crippen LogP contribution in [-0.2, 0) is 9.59 Å². The number of carbonyl (C=O) groups excluding carboxylic acids is 2. The second kappa shape index (κ2) is 7.20. The van der Waals surface area contributed by atoms with E-state index < -0.39 is 6.10 Å². The maximum atomic E-state index is 12.4. The number of aliphatic hydroxyl groups excluding tert-OH is 1. The van der Waals surface area contributed by atoms with Crippen LogP contribution in [0.1, 0.15) is 59.8 Å². The number of nitrogens with zero attached hydrogens (tertiary/aromatic N) is 1. The summed E-state index contributed by atoms with van der Waals surface area (Å²) in [6.45, 7) is 8.86. The van der Waals surface area contributed by atoms with Gasteiger partial charge in [0.05, 0.1) is 12.0 Å². The van der Waals surface area contributed by atoms with E-state index in [1.807, 2.05) is 32.6 Å². The van der Waals surface area contributed by atoms with Crippen molar-refractivity contribution in [2.75, 3.05) is 13.1 Å². The highest BCUT2D eigenvalue weighted by atomic mass is 16.3. The van der Waals surface area contributed by atoms with Crippen molar-refractivity contribution in [1.82, 2.24) is 10.2 Å². The van der Waals surface area contributed by atoms with Crippen molar-refractivity contribution in [3.63, 3.8) is 0 Å². The highest BCUT2D eigenvalue weighted by Gasteiger charge is 2.39. The summed E-state index contributed by atoms with van der Waals surface area (Å²) >= 11 is 0. The van der Waals surface area contributed by atoms with Gasteiger partial charge in [-0.25, -0.2) is 0 Å². The number of hydrogen-bond donors (Lipinski definition) is 2. The molecule has 23 heavy (non-hydrogen) atoms. The highest BCUT2D eigenvalue weighted by molar-refractivity contribution is 5.89. The number of amides is 2. The van der Waals surface area contributed by atoms with Gasteiger partial charge < -0.3 is 15.3 Å². The molecule has 0 bridgehead atoms. The molecule has 2 fully saturated rings. The van der Waals surface area contributed by atoms with Crippen molar-refractivity contribution in [2.45, 2.75) is 71.9 Å². The van der Waals surface area contributed by atoms with Gasteiger partial charge in [0.1, 0.15) is 0 Å². The molecule has 1 saturated carbocycles. The number of nitrogens with one attached hydrogen (secondary N) is 1. The first-order valence-electron chi connectivity index (χ1n) is 8.97.